The molecule has 0 bridgehead atoms. The summed E-state index contributed by atoms with van der Waals surface area (Å²) in [6, 6.07) is 4.31. The fourth-order valence-corrected chi connectivity index (χ4v) is 2.96. The van der Waals surface area contributed by atoms with Crippen molar-refractivity contribution in [3.63, 3.8) is 0 Å². The Bertz CT molecular complexity index is 1040. The quantitative estimate of drug-likeness (QED) is 0.521. The molecule has 0 fully saturated rings. The van der Waals surface area contributed by atoms with Crippen LogP contribution in [-0.2, 0) is 6.18 Å². The number of aromatic nitrogens is 5. The lowest BCUT2D eigenvalue weighted by atomic mass is 10.1. The number of rotatable bonds is 8. The minimum absolute atomic E-state index is 0.0235. The molecule has 2 heterocycles. The number of benzene rings is 1. The minimum Gasteiger partial charge on any atom is -0.497 e. The van der Waals surface area contributed by atoms with Crippen molar-refractivity contribution in [2.24, 2.45) is 0 Å². The monoisotopic (exact) mass is 450 g/mol. The van der Waals surface area contributed by atoms with Crippen molar-refractivity contribution in [2.45, 2.75) is 26.1 Å². The number of hydrogen-bond acceptors (Lipinski definition) is 7. The summed E-state index contributed by atoms with van der Waals surface area (Å²) < 4.78 is 48.6. The molecule has 12 heteroatoms. The number of ether oxygens (including phenoxy) is 2. The summed E-state index contributed by atoms with van der Waals surface area (Å²) in [5.74, 6) is 0.172. The third-order valence-electron chi connectivity index (χ3n) is 4.61. The molecule has 0 radical (unpaired) electrons. The van der Waals surface area contributed by atoms with Gasteiger partial charge in [-0.2, -0.15) is 28.2 Å². The molecule has 2 aromatic heterocycles. The zero-order valence-corrected chi connectivity index (χ0v) is 17.6. The van der Waals surface area contributed by atoms with Crippen molar-refractivity contribution in [1.82, 2.24) is 29.9 Å². The van der Waals surface area contributed by atoms with E-state index in [4.69, 9.17) is 9.47 Å². The van der Waals surface area contributed by atoms with Crippen LogP contribution in [0.3, 0.4) is 0 Å². The standard InChI is InChI=1S/C20H21F3N6O3/c1-4-28(13(2)12-32-19-24-10-14(11-25-19)20(21,22)23)18(30)16-9-15(31-3)5-6-17(16)29-26-7-8-27-29/h5-11,13H,4,12H2,1-3H3/t13-/m0/s1. The van der Waals surface area contributed by atoms with Crippen LogP contribution < -0.4 is 9.47 Å². The highest BCUT2D eigenvalue weighted by Crippen LogP contribution is 2.28. The molecule has 0 N–H and O–H groups in total. The van der Waals surface area contributed by atoms with E-state index < -0.39 is 17.8 Å². The average molecular weight is 450 g/mol. The first-order valence-electron chi connectivity index (χ1n) is 9.62. The van der Waals surface area contributed by atoms with Crippen molar-refractivity contribution in [1.29, 1.82) is 0 Å². The molecule has 9 nitrogen and oxygen atoms in total. The molecule has 0 saturated heterocycles. The number of amides is 1. The van der Waals surface area contributed by atoms with Crippen LogP contribution in [0.2, 0.25) is 0 Å². The van der Waals surface area contributed by atoms with E-state index in [1.54, 1.807) is 36.9 Å². The molecule has 0 aliphatic carbocycles. The summed E-state index contributed by atoms with van der Waals surface area (Å²) in [5.41, 5.74) is -0.181. The maximum Gasteiger partial charge on any atom is 0.419 e. The first kappa shape index (κ1) is 23.0. The molecule has 1 atom stereocenters. The molecule has 1 aromatic carbocycles. The molecular formula is C20H21F3N6O3. The number of halogens is 3. The highest BCUT2D eigenvalue weighted by Gasteiger charge is 2.31. The van der Waals surface area contributed by atoms with Gasteiger partial charge >= 0.3 is 12.2 Å². The number of hydrogen-bond donors (Lipinski definition) is 0. The average Bonchev–Trinajstić information content (AvgIpc) is 3.32. The van der Waals surface area contributed by atoms with E-state index >= 15 is 0 Å². The topological polar surface area (TPSA) is 95.3 Å². The van der Waals surface area contributed by atoms with Gasteiger partial charge in [-0.15, -0.1) is 0 Å². The van der Waals surface area contributed by atoms with Crippen molar-refractivity contribution < 1.29 is 27.4 Å². The number of alkyl halides is 3. The van der Waals surface area contributed by atoms with Crippen molar-refractivity contribution >= 4 is 5.91 Å². The van der Waals surface area contributed by atoms with E-state index in [1.165, 1.54) is 24.3 Å². The van der Waals surface area contributed by atoms with Crippen LogP contribution in [0.1, 0.15) is 29.8 Å². The van der Waals surface area contributed by atoms with Gasteiger partial charge < -0.3 is 14.4 Å². The van der Waals surface area contributed by atoms with E-state index in [0.29, 0.717) is 35.9 Å². The van der Waals surface area contributed by atoms with Gasteiger partial charge in [-0.05, 0) is 32.0 Å². The minimum atomic E-state index is -4.53. The molecule has 0 unspecified atom stereocenters. The Balaban J connectivity index is 1.77. The van der Waals surface area contributed by atoms with Crippen LogP contribution in [0.5, 0.6) is 11.8 Å². The SMILES string of the molecule is CCN(C(=O)c1cc(OC)ccc1-n1nccn1)[C@@H](C)COc1ncc(C(F)(F)F)cn1. The van der Waals surface area contributed by atoms with Gasteiger partial charge in [0.25, 0.3) is 5.91 Å². The van der Waals surface area contributed by atoms with Gasteiger partial charge in [0.15, 0.2) is 0 Å². The van der Waals surface area contributed by atoms with Crippen molar-refractivity contribution in [3.05, 3.63) is 54.1 Å². The second-order valence-electron chi connectivity index (χ2n) is 6.70. The first-order chi connectivity index (χ1) is 15.2. The van der Waals surface area contributed by atoms with E-state index in [1.807, 2.05) is 0 Å². The zero-order chi connectivity index (χ0) is 23.3. The van der Waals surface area contributed by atoms with Gasteiger partial charge in [0.05, 0.1) is 42.4 Å². The molecule has 0 saturated carbocycles. The predicted molar refractivity (Wildman–Crippen MR) is 107 cm³/mol. The zero-order valence-electron chi connectivity index (χ0n) is 17.6. The summed E-state index contributed by atoms with van der Waals surface area (Å²) in [7, 11) is 1.49. The molecule has 170 valence electrons. The highest BCUT2D eigenvalue weighted by atomic mass is 19.4. The molecule has 3 rings (SSSR count). The maximum atomic E-state index is 13.4. The molecule has 32 heavy (non-hydrogen) atoms. The fourth-order valence-electron chi connectivity index (χ4n) is 2.96. The molecule has 0 aliphatic heterocycles. The Morgan fingerprint density at radius 3 is 2.41 bits per heavy atom. The van der Waals surface area contributed by atoms with Crippen LogP contribution >= 0.6 is 0 Å². The normalized spacial score (nSPS) is 12.3. The number of nitrogens with zero attached hydrogens (tertiary/aromatic N) is 6. The van der Waals surface area contributed by atoms with Gasteiger partial charge in [-0.25, -0.2) is 9.97 Å². The number of carbonyl (C=O) groups is 1. The Labute approximate surface area is 181 Å². The van der Waals surface area contributed by atoms with E-state index in [9.17, 15) is 18.0 Å². The van der Waals surface area contributed by atoms with Gasteiger partial charge in [0.2, 0.25) is 0 Å². The Hall–Kier alpha value is -3.70. The lowest BCUT2D eigenvalue weighted by Crippen LogP contribution is -2.42. The molecular weight excluding hydrogens is 429 g/mol. The van der Waals surface area contributed by atoms with Crippen LogP contribution in [0.4, 0.5) is 13.2 Å². The van der Waals surface area contributed by atoms with E-state index in [-0.39, 0.29) is 18.5 Å². The van der Waals surface area contributed by atoms with Crippen LogP contribution in [-0.4, -0.2) is 62.1 Å². The predicted octanol–water partition coefficient (Wildman–Crippen LogP) is 3.01. The third kappa shape index (κ3) is 5.13. The number of carbonyl (C=O) groups excluding carboxylic acids is 1. The van der Waals surface area contributed by atoms with Crippen LogP contribution in [0.15, 0.2) is 43.0 Å². The highest BCUT2D eigenvalue weighted by molar-refractivity contribution is 5.98. The number of likely N-dealkylation sites (N-methyl/N-ethyl adjacent to an activating group) is 1. The summed E-state index contributed by atoms with van der Waals surface area (Å²) in [5, 5.41) is 8.18. The van der Waals surface area contributed by atoms with Crippen LogP contribution in [0, 0.1) is 0 Å². The summed E-state index contributed by atoms with van der Waals surface area (Å²) >= 11 is 0. The molecule has 0 spiro atoms. The lowest BCUT2D eigenvalue weighted by molar-refractivity contribution is -0.138. The Morgan fingerprint density at radius 1 is 1.19 bits per heavy atom. The Morgan fingerprint density at radius 2 is 1.84 bits per heavy atom. The van der Waals surface area contributed by atoms with Crippen molar-refractivity contribution in [3.8, 4) is 17.4 Å². The molecule has 3 aromatic rings. The van der Waals surface area contributed by atoms with Gasteiger partial charge in [0.1, 0.15) is 12.4 Å². The van der Waals surface area contributed by atoms with E-state index in [0.717, 1.165) is 0 Å². The summed E-state index contributed by atoms with van der Waals surface area (Å²) in [6.07, 6.45) is -0.243. The van der Waals surface area contributed by atoms with Gasteiger partial charge in [-0.3, -0.25) is 4.79 Å². The lowest BCUT2D eigenvalue weighted by Gasteiger charge is -2.28. The second-order valence-corrected chi connectivity index (χ2v) is 6.70. The smallest absolute Gasteiger partial charge is 0.419 e. The third-order valence-corrected chi connectivity index (χ3v) is 4.61. The fraction of sp³-hybridized carbons (Fsp3) is 0.350. The summed E-state index contributed by atoms with van der Waals surface area (Å²) in [6.45, 7) is 3.87. The maximum absolute atomic E-state index is 13.4. The van der Waals surface area contributed by atoms with Gasteiger partial charge in [0, 0.05) is 18.9 Å². The summed E-state index contributed by atoms with van der Waals surface area (Å²) in [4.78, 5) is 23.4. The largest absolute Gasteiger partial charge is 0.497 e. The molecule has 0 aliphatic rings. The van der Waals surface area contributed by atoms with Gasteiger partial charge in [-0.1, -0.05) is 0 Å². The number of methoxy groups -OCH3 is 1. The Kier molecular flexibility index (Phi) is 6.91. The first-order valence-corrected chi connectivity index (χ1v) is 9.62. The van der Waals surface area contributed by atoms with Crippen LogP contribution in [0.25, 0.3) is 5.69 Å². The van der Waals surface area contributed by atoms with Crippen molar-refractivity contribution in [2.75, 3.05) is 20.3 Å². The van der Waals surface area contributed by atoms with E-state index in [2.05, 4.69) is 20.2 Å². The second kappa shape index (κ2) is 9.62. The molecule has 1 amide bonds.